The SMILES string of the molecule is N.N.N.N.N.O=C(O)C(C(C(=O)O)(S(=O)(=O)O)S(=O)(=O)O)S(=O)(=O)O. The molecule has 0 aromatic heterocycles. The summed E-state index contributed by atoms with van der Waals surface area (Å²) in [5, 5.41) is 12.9. The lowest BCUT2D eigenvalue weighted by Gasteiger charge is -2.26. The molecule has 0 spiro atoms. The first kappa shape index (κ1) is 38.8. The zero-order valence-electron chi connectivity index (χ0n) is 12.3. The summed E-state index contributed by atoms with van der Waals surface area (Å²) in [7, 11) is -19.3. The highest BCUT2D eigenvalue weighted by Gasteiger charge is 2.73. The van der Waals surface area contributed by atoms with Gasteiger partial charge in [0.2, 0.25) is 5.25 Å². The maximum Gasteiger partial charge on any atom is 0.348 e. The fourth-order valence-corrected chi connectivity index (χ4v) is 5.68. The molecule has 0 rings (SSSR count). The van der Waals surface area contributed by atoms with Gasteiger partial charge >= 0.3 is 36.3 Å². The van der Waals surface area contributed by atoms with E-state index in [2.05, 4.69) is 0 Å². The number of hydrogen-bond acceptors (Lipinski definition) is 13. The first-order valence-electron chi connectivity index (χ1n) is 3.87. The largest absolute Gasteiger partial charge is 0.480 e. The highest BCUT2D eigenvalue weighted by molar-refractivity contribution is 8.08. The van der Waals surface area contributed by atoms with Gasteiger partial charge in [0.1, 0.15) is 0 Å². The quantitative estimate of drug-likeness (QED) is 0.192. The summed E-state index contributed by atoms with van der Waals surface area (Å²) in [6.07, 6.45) is 0. The third-order valence-corrected chi connectivity index (χ3v) is 7.00. The van der Waals surface area contributed by atoms with E-state index >= 15 is 0 Å². The van der Waals surface area contributed by atoms with Gasteiger partial charge in [-0.2, -0.15) is 25.3 Å². The number of carboxylic acids is 2. The second kappa shape index (κ2) is 10.5. The molecular weight excluding hydrogens is 422 g/mol. The fraction of sp³-hybridized carbons (Fsp3) is 0.500. The minimum Gasteiger partial charge on any atom is -0.480 e. The van der Waals surface area contributed by atoms with Crippen molar-refractivity contribution in [1.29, 1.82) is 0 Å². The Hall–Kier alpha value is -1.53. The van der Waals surface area contributed by atoms with Crippen LogP contribution in [0.3, 0.4) is 0 Å². The summed E-state index contributed by atoms with van der Waals surface area (Å²) >= 11 is 0. The van der Waals surface area contributed by atoms with Crippen LogP contribution in [0.15, 0.2) is 0 Å². The van der Waals surface area contributed by atoms with E-state index in [0.717, 1.165) is 0 Å². The predicted molar refractivity (Wildman–Crippen MR) is 81.5 cm³/mol. The van der Waals surface area contributed by atoms with Gasteiger partial charge in [0, 0.05) is 0 Å². The van der Waals surface area contributed by atoms with Crippen LogP contribution in [0.1, 0.15) is 0 Å². The lowest BCUT2D eigenvalue weighted by atomic mass is 10.3. The van der Waals surface area contributed by atoms with E-state index in [1.807, 2.05) is 0 Å². The molecule has 21 heteroatoms. The van der Waals surface area contributed by atoms with Crippen molar-refractivity contribution in [2.45, 2.75) is 9.33 Å². The third-order valence-electron chi connectivity index (χ3n) is 1.93. The summed E-state index contributed by atoms with van der Waals surface area (Å²) in [4.78, 5) is 21.4. The highest BCUT2D eigenvalue weighted by Crippen LogP contribution is 2.32. The maximum atomic E-state index is 10.9. The molecule has 20 N–H and O–H groups in total. The summed E-state index contributed by atoms with van der Waals surface area (Å²) in [5.74, 6) is -6.22. The Labute approximate surface area is 141 Å². The number of carbonyl (C=O) groups is 2. The van der Waals surface area contributed by atoms with Crippen molar-refractivity contribution in [2.75, 3.05) is 0 Å². The van der Waals surface area contributed by atoms with Crippen LogP contribution in [0.25, 0.3) is 0 Å². The van der Waals surface area contributed by atoms with Crippen molar-refractivity contribution in [2.24, 2.45) is 0 Å². The van der Waals surface area contributed by atoms with Gasteiger partial charge in [-0.15, -0.1) is 0 Å². The highest BCUT2D eigenvalue weighted by atomic mass is 32.3. The predicted octanol–water partition coefficient (Wildman–Crippen LogP) is -2.31. The van der Waals surface area contributed by atoms with E-state index in [1.54, 1.807) is 0 Å². The van der Waals surface area contributed by atoms with Crippen LogP contribution in [-0.4, -0.2) is 70.4 Å². The van der Waals surface area contributed by atoms with Crippen LogP contribution >= 0.6 is 0 Å². The maximum absolute atomic E-state index is 10.9. The Morgan fingerprint density at radius 3 is 0.960 bits per heavy atom. The van der Waals surface area contributed by atoms with Crippen molar-refractivity contribution in [3.63, 3.8) is 0 Å². The molecule has 0 heterocycles. The molecule has 1 unspecified atom stereocenters. The molecular formula is C4H21N5O13S3. The number of aliphatic carboxylic acids is 2. The van der Waals surface area contributed by atoms with E-state index in [9.17, 15) is 34.8 Å². The van der Waals surface area contributed by atoms with Crippen LogP contribution in [0.2, 0.25) is 0 Å². The monoisotopic (exact) mass is 443 g/mol. The van der Waals surface area contributed by atoms with Crippen LogP contribution in [0, 0.1) is 0 Å². The molecule has 0 amide bonds. The average Bonchev–Trinajstić information content (AvgIpc) is 2.05. The summed E-state index contributed by atoms with van der Waals surface area (Å²) < 4.78 is 85.9. The smallest absolute Gasteiger partial charge is 0.348 e. The molecule has 0 aliphatic heterocycles. The first-order valence-corrected chi connectivity index (χ1v) is 8.26. The van der Waals surface area contributed by atoms with Crippen LogP contribution in [0.4, 0.5) is 0 Å². The molecule has 0 fully saturated rings. The Bertz CT molecular complexity index is 721. The van der Waals surface area contributed by atoms with Gasteiger partial charge in [-0.3, -0.25) is 18.5 Å². The van der Waals surface area contributed by atoms with E-state index in [4.69, 9.17) is 23.9 Å². The van der Waals surface area contributed by atoms with Crippen LogP contribution in [0.5, 0.6) is 0 Å². The second-order valence-corrected chi connectivity index (χ2v) is 8.10. The minimum atomic E-state index is -6.57. The molecule has 25 heavy (non-hydrogen) atoms. The van der Waals surface area contributed by atoms with Gasteiger partial charge in [-0.25, -0.2) is 4.79 Å². The lowest BCUT2D eigenvalue weighted by molar-refractivity contribution is -0.144. The van der Waals surface area contributed by atoms with Gasteiger partial charge in [0.05, 0.1) is 0 Å². The fourth-order valence-electron chi connectivity index (χ4n) is 1.22. The van der Waals surface area contributed by atoms with E-state index < -0.39 is 51.6 Å². The normalized spacial score (nSPS) is 12.4. The topological polar surface area (TPSA) is 413 Å². The molecule has 0 radical (unpaired) electrons. The van der Waals surface area contributed by atoms with Gasteiger partial charge in [0.25, 0.3) is 10.1 Å². The van der Waals surface area contributed by atoms with Crippen LogP contribution in [-0.2, 0) is 39.9 Å². The second-order valence-electron chi connectivity index (χ2n) is 3.16. The third kappa shape index (κ3) is 6.36. The van der Waals surface area contributed by atoms with E-state index in [-0.39, 0.29) is 30.8 Å². The zero-order chi connectivity index (χ0) is 16.7. The van der Waals surface area contributed by atoms with Crippen molar-refractivity contribution >= 4 is 42.3 Å². The molecule has 0 aromatic rings. The van der Waals surface area contributed by atoms with E-state index in [1.165, 1.54) is 0 Å². The number of rotatable bonds is 6. The standard InChI is InChI=1S/C4H6O13S3.5H3N/c5-2(6)1(18(9,10)11)4(3(7)8,19(12,13)14)20(15,16)17;;;;;/h1H,(H,5,6)(H,7,8)(H,9,10,11)(H,12,13,14)(H,15,16,17);5*1H3. The summed E-state index contributed by atoms with van der Waals surface area (Å²) in [6, 6.07) is 0. The average molecular weight is 443 g/mol. The summed E-state index contributed by atoms with van der Waals surface area (Å²) in [5.41, 5.74) is 0. The number of carboxylic acid groups (broad SMARTS) is 2. The van der Waals surface area contributed by atoms with Gasteiger partial charge in [0.15, 0.2) is 0 Å². The molecule has 0 aliphatic carbocycles. The Balaban J connectivity index is -0.000000180. The molecule has 1 atom stereocenters. The molecule has 18 nitrogen and oxygen atoms in total. The van der Waals surface area contributed by atoms with Crippen molar-refractivity contribution in [3.05, 3.63) is 0 Å². The number of hydrogen-bond donors (Lipinski definition) is 10. The molecule has 158 valence electrons. The van der Waals surface area contributed by atoms with Crippen molar-refractivity contribution in [1.82, 2.24) is 30.8 Å². The van der Waals surface area contributed by atoms with Crippen LogP contribution < -0.4 is 30.8 Å². The molecule has 0 saturated carbocycles. The summed E-state index contributed by atoms with van der Waals surface area (Å²) in [6.45, 7) is 0. The molecule has 0 saturated heterocycles. The molecule has 0 aromatic carbocycles. The van der Waals surface area contributed by atoms with Crippen molar-refractivity contribution in [3.8, 4) is 0 Å². The first-order chi connectivity index (χ1) is 8.51. The Kier molecular flexibility index (Phi) is 16.2. The Morgan fingerprint density at radius 2 is 0.920 bits per heavy atom. The minimum absolute atomic E-state index is 0. The lowest BCUT2D eigenvalue weighted by Crippen LogP contribution is -2.65. The molecule has 0 bridgehead atoms. The Morgan fingerprint density at radius 1 is 0.680 bits per heavy atom. The zero-order valence-corrected chi connectivity index (χ0v) is 14.8. The van der Waals surface area contributed by atoms with Gasteiger partial charge in [-0.05, 0) is 0 Å². The van der Waals surface area contributed by atoms with Crippen molar-refractivity contribution < 1.29 is 58.7 Å². The van der Waals surface area contributed by atoms with E-state index in [0.29, 0.717) is 0 Å². The molecule has 0 aliphatic rings. The van der Waals surface area contributed by atoms with Gasteiger partial charge < -0.3 is 41.0 Å². The van der Waals surface area contributed by atoms with Gasteiger partial charge in [-0.1, -0.05) is 0 Å².